The molecule has 4 nitrogen and oxygen atoms in total. The van der Waals surface area contributed by atoms with Crippen molar-refractivity contribution in [3.8, 4) is 0 Å². The monoisotopic (exact) mass is 456 g/mol. The second kappa shape index (κ2) is 7.35. The number of nitrogens with zero attached hydrogens (tertiary/aromatic N) is 3. The van der Waals surface area contributed by atoms with Gasteiger partial charge in [-0.05, 0) is 0 Å². The molecule has 1 saturated heterocycles. The molecule has 1 aromatic rings. The zero-order valence-corrected chi connectivity index (χ0v) is 17.5. The Labute approximate surface area is 143 Å². The molecule has 1 aliphatic heterocycles. The van der Waals surface area contributed by atoms with Crippen LogP contribution in [0.15, 0.2) is 6.20 Å². The third kappa shape index (κ3) is 5.12. The maximum absolute atomic E-state index is 13.2. The average Bonchev–Trinajstić information content (AvgIpc) is 2.46. The fraction of sp³-hybridized carbons (Fsp3) is 0.714. The normalized spacial score (nSPS) is 18.2. The van der Waals surface area contributed by atoms with Crippen LogP contribution in [0.2, 0.25) is 14.8 Å². The first-order valence-electron chi connectivity index (χ1n) is 7.61. The average molecular weight is 455 g/mol. The van der Waals surface area contributed by atoms with E-state index in [4.69, 9.17) is 0 Å². The molecule has 1 N–H and O–H groups in total. The van der Waals surface area contributed by atoms with Gasteiger partial charge in [-0.25, -0.2) is 0 Å². The third-order valence-corrected chi connectivity index (χ3v) is 9.87. The van der Waals surface area contributed by atoms with E-state index in [2.05, 4.69) is 25.8 Å². The van der Waals surface area contributed by atoms with Crippen molar-refractivity contribution in [3.05, 3.63) is 11.8 Å². The fourth-order valence-electron chi connectivity index (χ4n) is 2.60. The predicted octanol–water partition coefficient (Wildman–Crippen LogP) is 3.19. The van der Waals surface area contributed by atoms with E-state index in [1.54, 1.807) is 11.9 Å². The van der Waals surface area contributed by atoms with Crippen molar-refractivity contribution in [3.63, 3.8) is 0 Å². The molecule has 1 fully saturated rings. The van der Waals surface area contributed by atoms with E-state index in [1.807, 2.05) is 14.8 Å². The number of rotatable bonds is 4. The molecule has 0 saturated carbocycles. The van der Waals surface area contributed by atoms with Crippen molar-refractivity contribution in [2.24, 2.45) is 0 Å². The van der Waals surface area contributed by atoms with E-state index in [-0.39, 0.29) is 9.75 Å². The Hall–Kier alpha value is -0.221. The van der Waals surface area contributed by atoms with Gasteiger partial charge in [-0.3, -0.25) is 0 Å². The van der Waals surface area contributed by atoms with Gasteiger partial charge in [0.25, 0.3) is 0 Å². The fourth-order valence-corrected chi connectivity index (χ4v) is 7.33. The van der Waals surface area contributed by atoms with E-state index < -0.39 is 30.1 Å². The summed E-state index contributed by atoms with van der Waals surface area (Å²) in [7, 11) is 0. The van der Waals surface area contributed by atoms with Gasteiger partial charge in [0.1, 0.15) is 0 Å². The van der Waals surface area contributed by atoms with Crippen molar-refractivity contribution in [2.75, 3.05) is 24.7 Å². The van der Waals surface area contributed by atoms with Crippen LogP contribution in [0.5, 0.6) is 0 Å². The number of halogens is 3. The minimum atomic E-state index is -4.39. The minimum absolute atomic E-state index is 0.221. The van der Waals surface area contributed by atoms with Gasteiger partial charge >= 0.3 is 144 Å². The Kier molecular flexibility index (Phi) is 6.10. The third-order valence-electron chi connectivity index (χ3n) is 3.85. The Morgan fingerprint density at radius 3 is 2.35 bits per heavy atom. The molecule has 1 aliphatic rings. The van der Waals surface area contributed by atoms with E-state index in [0.29, 0.717) is 5.95 Å². The first kappa shape index (κ1) is 19.1. The van der Waals surface area contributed by atoms with Gasteiger partial charge in [0.15, 0.2) is 0 Å². The molecule has 2 heterocycles. The van der Waals surface area contributed by atoms with Crippen LogP contribution in [-0.2, 0) is 6.18 Å². The SMILES string of the molecule is CSN1CCC(Nc2ncc(C(F)(F)F)[c]([Sn]([CH3])([CH3])[CH3])n2)CC1. The van der Waals surface area contributed by atoms with Crippen molar-refractivity contribution in [1.82, 2.24) is 14.3 Å². The molecule has 9 heteroatoms. The van der Waals surface area contributed by atoms with Gasteiger partial charge in [0.05, 0.1) is 0 Å². The number of hydrogen-bond acceptors (Lipinski definition) is 5. The quantitative estimate of drug-likeness (QED) is 0.558. The summed E-state index contributed by atoms with van der Waals surface area (Å²) in [6.45, 7) is 1.93. The van der Waals surface area contributed by atoms with Crippen molar-refractivity contribution in [2.45, 2.75) is 39.9 Å². The summed E-state index contributed by atoms with van der Waals surface area (Å²) in [4.78, 5) is 14.0. The molecular formula is C14H23F3N4SSn. The molecule has 0 atom stereocenters. The molecule has 130 valence electrons. The van der Waals surface area contributed by atoms with Crippen LogP contribution in [-0.4, -0.2) is 58.0 Å². The summed E-state index contributed by atoms with van der Waals surface area (Å²) < 4.78 is 42.1. The molecule has 0 amide bonds. The number of hydrogen-bond donors (Lipinski definition) is 1. The van der Waals surface area contributed by atoms with E-state index in [1.165, 1.54) is 0 Å². The van der Waals surface area contributed by atoms with Crippen LogP contribution in [0.4, 0.5) is 19.1 Å². The summed E-state index contributed by atoms with van der Waals surface area (Å²) in [5.74, 6) is 0.335. The van der Waals surface area contributed by atoms with Crippen LogP contribution in [0.25, 0.3) is 0 Å². The zero-order valence-electron chi connectivity index (χ0n) is 13.9. The van der Waals surface area contributed by atoms with Crippen LogP contribution >= 0.6 is 11.9 Å². The van der Waals surface area contributed by atoms with Crippen molar-refractivity contribution < 1.29 is 13.2 Å². The summed E-state index contributed by atoms with van der Waals surface area (Å²) in [5.41, 5.74) is -0.663. The topological polar surface area (TPSA) is 41.0 Å². The summed E-state index contributed by atoms with van der Waals surface area (Å²) in [6, 6.07) is 0.221. The van der Waals surface area contributed by atoms with Crippen LogP contribution in [0, 0.1) is 0 Å². The van der Waals surface area contributed by atoms with Gasteiger partial charge in [0.2, 0.25) is 0 Å². The molecule has 0 spiro atoms. The van der Waals surface area contributed by atoms with Crippen LogP contribution in [0.1, 0.15) is 18.4 Å². The molecule has 0 aromatic carbocycles. The zero-order chi connectivity index (χ0) is 17.3. The molecule has 0 aliphatic carbocycles. The van der Waals surface area contributed by atoms with E-state index in [0.717, 1.165) is 32.1 Å². The molecule has 0 radical (unpaired) electrons. The van der Waals surface area contributed by atoms with E-state index in [9.17, 15) is 13.2 Å². The van der Waals surface area contributed by atoms with Gasteiger partial charge in [-0.2, -0.15) is 0 Å². The summed E-state index contributed by atoms with van der Waals surface area (Å²) in [5, 5.41) is 3.22. The van der Waals surface area contributed by atoms with Gasteiger partial charge < -0.3 is 0 Å². The molecular weight excluding hydrogens is 432 g/mol. The second-order valence-electron chi connectivity index (χ2n) is 6.73. The number of alkyl halides is 3. The molecule has 1 aromatic heterocycles. The predicted molar refractivity (Wildman–Crippen MR) is 91.7 cm³/mol. The second-order valence-corrected chi connectivity index (χ2v) is 21.8. The van der Waals surface area contributed by atoms with Crippen molar-refractivity contribution in [1.29, 1.82) is 0 Å². The molecule has 2 rings (SSSR count). The van der Waals surface area contributed by atoms with Gasteiger partial charge in [0, 0.05) is 0 Å². The molecule has 0 bridgehead atoms. The first-order chi connectivity index (χ1) is 10.6. The number of nitrogens with one attached hydrogen (secondary N) is 1. The van der Waals surface area contributed by atoms with Crippen molar-refractivity contribution >= 4 is 40.0 Å². The Morgan fingerprint density at radius 1 is 1.26 bits per heavy atom. The van der Waals surface area contributed by atoms with Gasteiger partial charge in [-0.1, -0.05) is 0 Å². The Morgan fingerprint density at radius 2 is 1.87 bits per heavy atom. The van der Waals surface area contributed by atoms with Crippen LogP contribution in [0.3, 0.4) is 0 Å². The Balaban J connectivity index is 2.18. The number of piperidine rings is 1. The number of aromatic nitrogens is 2. The number of anilines is 1. The van der Waals surface area contributed by atoms with E-state index >= 15 is 0 Å². The first-order valence-corrected chi connectivity index (χ1v) is 18.8. The standard InChI is InChI=1S/C11H14F3N4S.3CH3.Sn/c1-19-18-4-2-9(3-5-18)17-10-15-6-8(7-16-10)11(12,13)14;;;;/h6,9H,2-5H2,1H3,(H,15,16,17);3*1H3;. The summed E-state index contributed by atoms with van der Waals surface area (Å²) >= 11 is -1.28. The van der Waals surface area contributed by atoms with Gasteiger partial charge in [-0.15, -0.1) is 0 Å². The summed E-state index contributed by atoms with van der Waals surface area (Å²) in [6.07, 6.45) is 0.500. The Bertz CT molecular complexity index is 540. The maximum atomic E-state index is 13.2. The molecule has 23 heavy (non-hydrogen) atoms. The van der Waals surface area contributed by atoms with Crippen LogP contribution < -0.4 is 9.03 Å². The molecule has 0 unspecified atom stereocenters.